The van der Waals surface area contributed by atoms with E-state index >= 15 is 0 Å². The van der Waals surface area contributed by atoms with E-state index in [2.05, 4.69) is 58.6 Å². The van der Waals surface area contributed by atoms with Gasteiger partial charge < -0.3 is 9.30 Å². The van der Waals surface area contributed by atoms with Gasteiger partial charge in [-0.3, -0.25) is 4.79 Å². The Morgan fingerprint density at radius 1 is 0.757 bits per heavy atom. The summed E-state index contributed by atoms with van der Waals surface area (Å²) in [6.07, 6.45) is 23.6. The highest BCUT2D eigenvalue weighted by Gasteiger charge is 2.08. The van der Waals surface area contributed by atoms with Gasteiger partial charge in [0.25, 0.3) is 0 Å². The first-order chi connectivity index (χ1) is 17.6. The normalized spacial score (nSPS) is 10.9. The molecule has 0 saturated carbocycles. The molecule has 0 aliphatic rings. The van der Waals surface area contributed by atoms with Gasteiger partial charge in [0.15, 0.2) is 5.75 Å². The molecule has 0 saturated heterocycles. The molecular formula is C32H51Br2NO2. The molecule has 0 unspecified atom stereocenters. The van der Waals surface area contributed by atoms with Gasteiger partial charge in [0.2, 0.25) is 5.43 Å². The van der Waals surface area contributed by atoms with E-state index in [-0.39, 0.29) is 22.4 Å². The van der Waals surface area contributed by atoms with Crippen LogP contribution in [-0.2, 0) is 11.9 Å². The third kappa shape index (κ3) is 15.2. The number of halogens is 2. The lowest BCUT2D eigenvalue weighted by atomic mass is 10.0. The molecule has 2 aromatic rings. The van der Waals surface area contributed by atoms with Gasteiger partial charge in [-0.2, -0.15) is 0 Å². The van der Waals surface area contributed by atoms with E-state index < -0.39 is 0 Å². The fourth-order valence-electron chi connectivity index (χ4n) is 4.69. The molecule has 0 spiro atoms. The van der Waals surface area contributed by atoms with E-state index in [9.17, 15) is 4.79 Å². The number of hydrogen-bond acceptors (Lipinski definition) is 2. The minimum absolute atomic E-state index is 0. The van der Waals surface area contributed by atoms with Crippen molar-refractivity contribution in [3.8, 4) is 5.75 Å². The summed E-state index contributed by atoms with van der Waals surface area (Å²) in [4.78, 5) is 12.5. The van der Waals surface area contributed by atoms with Crippen LogP contribution in [0.5, 0.6) is 5.75 Å². The van der Waals surface area contributed by atoms with Gasteiger partial charge in [-0.05, 0) is 18.9 Å². The van der Waals surface area contributed by atoms with Gasteiger partial charge in [0, 0.05) is 23.6 Å². The Hall–Kier alpha value is -1.07. The summed E-state index contributed by atoms with van der Waals surface area (Å²) < 4.78 is 8.02. The summed E-state index contributed by atoms with van der Waals surface area (Å²) in [6.45, 7) is 5.73. The van der Waals surface area contributed by atoms with Crippen LogP contribution in [0.3, 0.4) is 0 Å². The number of hydrogen-bond donors (Lipinski definition) is 0. The van der Waals surface area contributed by atoms with Crippen LogP contribution in [0.4, 0.5) is 0 Å². The quantitative estimate of drug-likeness (QED) is 0.100. The van der Waals surface area contributed by atoms with Crippen molar-refractivity contribution in [1.82, 2.24) is 4.57 Å². The summed E-state index contributed by atoms with van der Waals surface area (Å²) in [5.74, 6) is 0.466. The van der Waals surface area contributed by atoms with Crippen LogP contribution in [0.25, 0.3) is 0 Å². The molecule has 210 valence electrons. The van der Waals surface area contributed by atoms with Gasteiger partial charge in [0.1, 0.15) is 0 Å². The molecule has 1 heterocycles. The fraction of sp³-hybridized carbons (Fsp3) is 0.656. The van der Waals surface area contributed by atoms with Gasteiger partial charge in [-0.15, -0.1) is 17.0 Å². The van der Waals surface area contributed by atoms with Crippen LogP contribution >= 0.6 is 32.9 Å². The Balaban J connectivity index is 0.00000684. The zero-order valence-electron chi connectivity index (χ0n) is 23.4. The lowest BCUT2D eigenvalue weighted by Crippen LogP contribution is -2.16. The lowest BCUT2D eigenvalue weighted by Gasteiger charge is -2.15. The second kappa shape index (κ2) is 21.8. The van der Waals surface area contributed by atoms with Crippen molar-refractivity contribution in [2.45, 2.75) is 128 Å². The van der Waals surface area contributed by atoms with Crippen molar-refractivity contribution < 1.29 is 4.74 Å². The van der Waals surface area contributed by atoms with E-state index in [1.807, 2.05) is 6.20 Å². The summed E-state index contributed by atoms with van der Waals surface area (Å²) in [7, 11) is 0. The summed E-state index contributed by atoms with van der Waals surface area (Å²) in [5, 5.41) is 0.646. The average Bonchev–Trinajstić information content (AvgIpc) is 2.88. The topological polar surface area (TPSA) is 31.2 Å². The van der Waals surface area contributed by atoms with Crippen molar-refractivity contribution in [2.24, 2.45) is 0 Å². The standard InChI is InChI=1S/C32H50BrNO2.BrH/c1-3-4-5-6-7-8-9-10-11-12-13-14-15-16-17-18-23-36-32-27-34(30(25-33)24-31(32)35)26-29-21-19-28(2)20-22-29;/h19-22,24,27H,3-18,23,25-26H2,1-2H3;1H. The van der Waals surface area contributed by atoms with Crippen LogP contribution in [0.1, 0.15) is 126 Å². The van der Waals surface area contributed by atoms with E-state index in [4.69, 9.17) is 4.74 Å². The molecule has 1 aromatic carbocycles. The first-order valence-electron chi connectivity index (χ1n) is 14.6. The number of ether oxygens (including phenoxy) is 1. The van der Waals surface area contributed by atoms with Crippen molar-refractivity contribution >= 4 is 32.9 Å². The van der Waals surface area contributed by atoms with E-state index in [1.54, 1.807) is 6.07 Å². The third-order valence-corrected chi connectivity index (χ3v) is 7.62. The first kappa shape index (κ1) is 34.0. The van der Waals surface area contributed by atoms with Crippen molar-refractivity contribution in [3.63, 3.8) is 0 Å². The fourth-order valence-corrected chi connectivity index (χ4v) is 5.17. The number of benzene rings is 1. The Kier molecular flexibility index (Phi) is 20.0. The molecule has 2 rings (SSSR count). The highest BCUT2D eigenvalue weighted by Crippen LogP contribution is 2.16. The zero-order chi connectivity index (χ0) is 25.8. The number of aromatic nitrogens is 1. The molecule has 0 N–H and O–H groups in total. The maximum Gasteiger partial charge on any atom is 0.223 e. The van der Waals surface area contributed by atoms with Crippen molar-refractivity contribution in [3.05, 3.63) is 63.6 Å². The maximum absolute atomic E-state index is 12.5. The molecular weight excluding hydrogens is 590 g/mol. The Morgan fingerprint density at radius 2 is 1.24 bits per heavy atom. The predicted octanol–water partition coefficient (Wildman–Crippen LogP) is 10.3. The number of alkyl halides is 1. The highest BCUT2D eigenvalue weighted by molar-refractivity contribution is 9.08. The molecule has 0 aliphatic carbocycles. The Bertz CT molecular complexity index is 879. The van der Waals surface area contributed by atoms with Gasteiger partial charge in [0.05, 0.1) is 12.8 Å². The minimum atomic E-state index is -0.0268. The van der Waals surface area contributed by atoms with Crippen LogP contribution in [0, 0.1) is 6.92 Å². The molecule has 0 amide bonds. The van der Waals surface area contributed by atoms with Crippen LogP contribution in [-0.4, -0.2) is 11.2 Å². The highest BCUT2D eigenvalue weighted by atomic mass is 79.9. The largest absolute Gasteiger partial charge is 0.488 e. The molecule has 0 fully saturated rings. The molecule has 0 bridgehead atoms. The number of aryl methyl sites for hydroxylation is 1. The SMILES string of the molecule is Br.CCCCCCCCCCCCCCCCCCOc1cn(Cc2ccc(C)cc2)c(CBr)cc1=O. The average molecular weight is 642 g/mol. The van der Waals surface area contributed by atoms with Crippen molar-refractivity contribution in [2.75, 3.05) is 6.61 Å². The number of rotatable bonds is 21. The smallest absolute Gasteiger partial charge is 0.223 e. The van der Waals surface area contributed by atoms with E-state index in [0.717, 1.165) is 18.7 Å². The van der Waals surface area contributed by atoms with E-state index in [1.165, 1.54) is 107 Å². The first-order valence-corrected chi connectivity index (χ1v) is 15.7. The second-order valence-electron chi connectivity index (χ2n) is 10.4. The second-order valence-corrected chi connectivity index (χ2v) is 11.0. The van der Waals surface area contributed by atoms with Crippen LogP contribution in [0.15, 0.2) is 41.3 Å². The monoisotopic (exact) mass is 639 g/mol. The molecule has 37 heavy (non-hydrogen) atoms. The molecule has 5 heteroatoms. The van der Waals surface area contributed by atoms with Gasteiger partial charge >= 0.3 is 0 Å². The Morgan fingerprint density at radius 3 is 1.73 bits per heavy atom. The Labute approximate surface area is 245 Å². The van der Waals surface area contributed by atoms with Gasteiger partial charge in [-0.1, -0.05) is 149 Å². The maximum atomic E-state index is 12.5. The number of pyridine rings is 1. The van der Waals surface area contributed by atoms with Crippen LogP contribution in [0.2, 0.25) is 0 Å². The summed E-state index contributed by atoms with van der Waals surface area (Å²) in [6, 6.07) is 10.2. The van der Waals surface area contributed by atoms with Crippen molar-refractivity contribution in [1.29, 1.82) is 0 Å². The van der Waals surface area contributed by atoms with E-state index in [0.29, 0.717) is 17.7 Å². The minimum Gasteiger partial charge on any atom is -0.488 e. The summed E-state index contributed by atoms with van der Waals surface area (Å²) >= 11 is 3.52. The molecule has 0 aliphatic heterocycles. The number of nitrogens with zero attached hydrogens (tertiary/aromatic N) is 1. The van der Waals surface area contributed by atoms with Crippen LogP contribution < -0.4 is 10.2 Å². The number of unbranched alkanes of at least 4 members (excludes halogenated alkanes) is 15. The molecule has 3 nitrogen and oxygen atoms in total. The van der Waals surface area contributed by atoms with Gasteiger partial charge in [-0.25, -0.2) is 0 Å². The molecule has 0 radical (unpaired) electrons. The predicted molar refractivity (Wildman–Crippen MR) is 169 cm³/mol. The zero-order valence-corrected chi connectivity index (χ0v) is 26.7. The summed E-state index contributed by atoms with van der Waals surface area (Å²) in [5.41, 5.74) is 3.41. The third-order valence-electron chi connectivity index (χ3n) is 7.05. The lowest BCUT2D eigenvalue weighted by molar-refractivity contribution is 0.298. The molecule has 1 aromatic heterocycles. The molecule has 0 atom stereocenters.